The van der Waals surface area contributed by atoms with E-state index in [0.29, 0.717) is 19.7 Å². The zero-order valence-electron chi connectivity index (χ0n) is 10.9. The molecule has 0 radical (unpaired) electrons. The molecule has 1 unspecified atom stereocenters. The Bertz CT molecular complexity index is 332. The molecule has 19 heavy (non-hydrogen) atoms. The summed E-state index contributed by atoms with van der Waals surface area (Å²) in [7, 11) is 0. The van der Waals surface area contributed by atoms with Crippen LogP contribution in [0.25, 0.3) is 0 Å². The van der Waals surface area contributed by atoms with E-state index in [1.165, 1.54) is 0 Å². The minimum absolute atomic E-state index is 0.0289. The fourth-order valence-electron chi connectivity index (χ4n) is 2.35. The number of carbonyl (C=O) groups is 2. The van der Waals surface area contributed by atoms with Gasteiger partial charge in [0, 0.05) is 31.9 Å². The number of nitrogens with zero attached hydrogens (tertiary/aromatic N) is 2. The molecule has 2 fully saturated rings. The highest BCUT2D eigenvalue weighted by Crippen LogP contribution is 2.15. The van der Waals surface area contributed by atoms with E-state index in [1.807, 2.05) is 16.7 Å². The van der Waals surface area contributed by atoms with Crippen molar-refractivity contribution >= 4 is 23.8 Å². The number of ether oxygens (including phenoxy) is 1. The van der Waals surface area contributed by atoms with Gasteiger partial charge >= 0.3 is 12.0 Å². The van der Waals surface area contributed by atoms with Crippen molar-refractivity contribution < 1.29 is 19.4 Å². The predicted octanol–water partition coefficient (Wildman–Crippen LogP) is 0.721. The van der Waals surface area contributed by atoms with Crippen LogP contribution in [-0.4, -0.2) is 77.3 Å². The zero-order chi connectivity index (χ0) is 13.7. The number of rotatable bonds is 2. The van der Waals surface area contributed by atoms with Gasteiger partial charge in [-0.3, -0.25) is 4.79 Å². The van der Waals surface area contributed by atoms with Crippen molar-refractivity contribution in [2.45, 2.75) is 18.9 Å². The lowest BCUT2D eigenvalue weighted by atomic mass is 10.2. The number of morpholine rings is 1. The van der Waals surface area contributed by atoms with Crippen molar-refractivity contribution in [2.75, 3.05) is 44.3 Å². The number of urea groups is 1. The quantitative estimate of drug-likeness (QED) is 0.811. The van der Waals surface area contributed by atoms with E-state index in [4.69, 9.17) is 9.84 Å². The van der Waals surface area contributed by atoms with Gasteiger partial charge in [-0.2, -0.15) is 11.8 Å². The van der Waals surface area contributed by atoms with Crippen LogP contribution in [-0.2, 0) is 9.53 Å². The van der Waals surface area contributed by atoms with Gasteiger partial charge in [0.25, 0.3) is 0 Å². The smallest absolute Gasteiger partial charge is 0.320 e. The summed E-state index contributed by atoms with van der Waals surface area (Å²) in [6, 6.07) is 0.0289. The standard InChI is InChI=1S/C12H20N2O4S/c15-11(16)8-10-9-14(3-5-18-10)12(17)13-2-1-6-19-7-4-13/h10H,1-9H2,(H,15,16). The molecule has 0 spiro atoms. The first-order valence-electron chi connectivity index (χ1n) is 6.62. The van der Waals surface area contributed by atoms with Crippen LogP contribution in [0, 0.1) is 0 Å². The third kappa shape index (κ3) is 4.28. The number of carboxylic acids is 1. The first kappa shape index (κ1) is 14.5. The van der Waals surface area contributed by atoms with Crippen LogP contribution in [0.4, 0.5) is 4.79 Å². The summed E-state index contributed by atoms with van der Waals surface area (Å²) in [4.78, 5) is 26.7. The Morgan fingerprint density at radius 3 is 2.84 bits per heavy atom. The minimum Gasteiger partial charge on any atom is -0.481 e. The third-order valence-corrected chi connectivity index (χ3v) is 4.35. The van der Waals surface area contributed by atoms with Gasteiger partial charge in [0.2, 0.25) is 0 Å². The largest absolute Gasteiger partial charge is 0.481 e. The summed E-state index contributed by atoms with van der Waals surface area (Å²) in [5.41, 5.74) is 0. The number of carbonyl (C=O) groups excluding carboxylic acids is 1. The first-order chi connectivity index (χ1) is 9.16. The van der Waals surface area contributed by atoms with Crippen molar-refractivity contribution in [1.82, 2.24) is 9.80 Å². The van der Waals surface area contributed by atoms with Gasteiger partial charge in [-0.1, -0.05) is 0 Å². The Morgan fingerprint density at radius 1 is 1.21 bits per heavy atom. The Balaban J connectivity index is 1.88. The summed E-state index contributed by atoms with van der Waals surface area (Å²) in [6.45, 7) is 2.94. The van der Waals surface area contributed by atoms with Crippen molar-refractivity contribution in [3.8, 4) is 0 Å². The second-order valence-corrected chi connectivity index (χ2v) is 6.00. The fraction of sp³-hybridized carbons (Fsp3) is 0.833. The van der Waals surface area contributed by atoms with Gasteiger partial charge in [0.15, 0.2) is 0 Å². The van der Waals surface area contributed by atoms with Crippen molar-refractivity contribution in [3.63, 3.8) is 0 Å². The van der Waals surface area contributed by atoms with E-state index in [0.717, 1.165) is 31.0 Å². The molecule has 2 rings (SSSR count). The molecule has 2 aliphatic heterocycles. The molecule has 0 bridgehead atoms. The summed E-state index contributed by atoms with van der Waals surface area (Å²) < 4.78 is 5.38. The van der Waals surface area contributed by atoms with Gasteiger partial charge < -0.3 is 19.6 Å². The molecule has 0 aromatic rings. The summed E-state index contributed by atoms with van der Waals surface area (Å²) in [5.74, 6) is 1.20. The highest BCUT2D eigenvalue weighted by Gasteiger charge is 2.28. The van der Waals surface area contributed by atoms with Crippen LogP contribution in [0.2, 0.25) is 0 Å². The molecule has 1 N–H and O–H groups in total. The predicted molar refractivity (Wildman–Crippen MR) is 72.5 cm³/mol. The molecule has 6 nitrogen and oxygen atoms in total. The van der Waals surface area contributed by atoms with Crippen LogP contribution in [0.5, 0.6) is 0 Å². The molecule has 108 valence electrons. The number of carboxylic acid groups (broad SMARTS) is 1. The molecule has 2 heterocycles. The van der Waals surface area contributed by atoms with E-state index < -0.39 is 5.97 Å². The minimum atomic E-state index is -0.884. The van der Waals surface area contributed by atoms with Gasteiger partial charge in [0.05, 0.1) is 19.1 Å². The van der Waals surface area contributed by atoms with Crippen LogP contribution >= 0.6 is 11.8 Å². The lowest BCUT2D eigenvalue weighted by Gasteiger charge is -2.35. The van der Waals surface area contributed by atoms with Gasteiger partial charge in [-0.25, -0.2) is 4.79 Å². The lowest BCUT2D eigenvalue weighted by Crippen LogP contribution is -2.51. The number of amides is 2. The van der Waals surface area contributed by atoms with E-state index in [-0.39, 0.29) is 18.6 Å². The highest BCUT2D eigenvalue weighted by atomic mass is 32.2. The second-order valence-electron chi connectivity index (χ2n) is 4.77. The average molecular weight is 288 g/mol. The van der Waals surface area contributed by atoms with Gasteiger partial charge in [0.1, 0.15) is 0 Å². The van der Waals surface area contributed by atoms with E-state index in [9.17, 15) is 9.59 Å². The number of hydrogen-bond acceptors (Lipinski definition) is 4. The summed E-state index contributed by atoms with van der Waals surface area (Å²) in [6.07, 6.45) is 0.607. The summed E-state index contributed by atoms with van der Waals surface area (Å²) >= 11 is 1.88. The van der Waals surface area contributed by atoms with E-state index in [1.54, 1.807) is 4.90 Å². The molecule has 1 atom stereocenters. The van der Waals surface area contributed by atoms with Crippen LogP contribution in [0.15, 0.2) is 0 Å². The average Bonchev–Trinajstić information content (AvgIpc) is 2.66. The van der Waals surface area contributed by atoms with Crippen LogP contribution < -0.4 is 0 Å². The van der Waals surface area contributed by atoms with Gasteiger partial charge in [-0.05, 0) is 12.2 Å². The SMILES string of the molecule is O=C(O)CC1CN(C(=O)N2CCCSCC2)CCO1. The highest BCUT2D eigenvalue weighted by molar-refractivity contribution is 7.99. The molecule has 2 saturated heterocycles. The summed E-state index contributed by atoms with van der Waals surface area (Å²) in [5, 5.41) is 8.78. The molecule has 2 aliphatic rings. The molecular weight excluding hydrogens is 268 g/mol. The molecule has 7 heteroatoms. The third-order valence-electron chi connectivity index (χ3n) is 3.30. The number of hydrogen-bond donors (Lipinski definition) is 1. The maximum Gasteiger partial charge on any atom is 0.320 e. The first-order valence-corrected chi connectivity index (χ1v) is 7.77. The molecule has 0 aromatic heterocycles. The second kappa shape index (κ2) is 7.00. The zero-order valence-corrected chi connectivity index (χ0v) is 11.7. The van der Waals surface area contributed by atoms with Crippen molar-refractivity contribution in [1.29, 1.82) is 0 Å². The Kier molecular flexibility index (Phi) is 5.33. The van der Waals surface area contributed by atoms with E-state index >= 15 is 0 Å². The normalized spacial score (nSPS) is 24.9. The maximum atomic E-state index is 12.4. The Morgan fingerprint density at radius 2 is 2.05 bits per heavy atom. The topological polar surface area (TPSA) is 70.1 Å². The maximum absolute atomic E-state index is 12.4. The Labute approximate surface area is 117 Å². The molecule has 0 saturated carbocycles. The molecule has 0 aliphatic carbocycles. The van der Waals surface area contributed by atoms with E-state index in [2.05, 4.69) is 0 Å². The molecule has 0 aromatic carbocycles. The van der Waals surface area contributed by atoms with Crippen LogP contribution in [0.3, 0.4) is 0 Å². The van der Waals surface area contributed by atoms with Crippen molar-refractivity contribution in [3.05, 3.63) is 0 Å². The van der Waals surface area contributed by atoms with Crippen LogP contribution in [0.1, 0.15) is 12.8 Å². The molecule has 2 amide bonds. The fourth-order valence-corrected chi connectivity index (χ4v) is 3.24. The number of thioether (sulfide) groups is 1. The number of aliphatic carboxylic acids is 1. The monoisotopic (exact) mass is 288 g/mol. The molecular formula is C12H20N2O4S. The van der Waals surface area contributed by atoms with Gasteiger partial charge in [-0.15, -0.1) is 0 Å². The lowest BCUT2D eigenvalue weighted by molar-refractivity contribution is -0.141. The van der Waals surface area contributed by atoms with Crippen molar-refractivity contribution in [2.24, 2.45) is 0 Å². The Hall–Kier alpha value is -0.950.